The summed E-state index contributed by atoms with van der Waals surface area (Å²) < 4.78 is 43.2. The van der Waals surface area contributed by atoms with E-state index in [2.05, 4.69) is 0 Å². The van der Waals surface area contributed by atoms with Crippen LogP contribution in [0.1, 0.15) is 16.7 Å². The Balaban J connectivity index is 3.50. The molecule has 8 heteroatoms. The standard InChI is InChI=1S/C11H13F3N2O3/c1-6-9(11(12,13)14)8(15)5-7(3-4-19-2)10(6)16(17)18/h5H,3-4,15H2,1-2H3. The second kappa shape index (κ2) is 5.43. The smallest absolute Gasteiger partial charge is 0.398 e. The number of nitrogens with two attached hydrogens (primary N) is 1. The molecular formula is C11H13F3N2O3. The lowest BCUT2D eigenvalue weighted by atomic mass is 9.98. The van der Waals surface area contributed by atoms with Gasteiger partial charge in [-0.05, 0) is 13.0 Å². The number of ether oxygens (including phenoxy) is 1. The Bertz CT molecular complexity index is 501. The Morgan fingerprint density at radius 1 is 1.47 bits per heavy atom. The van der Waals surface area contributed by atoms with E-state index < -0.39 is 33.6 Å². The predicted molar refractivity (Wildman–Crippen MR) is 62.8 cm³/mol. The van der Waals surface area contributed by atoms with Crippen molar-refractivity contribution in [3.05, 3.63) is 32.9 Å². The van der Waals surface area contributed by atoms with Crippen molar-refractivity contribution < 1.29 is 22.8 Å². The number of nitro benzene ring substituents is 1. The van der Waals surface area contributed by atoms with Gasteiger partial charge in [0.05, 0.1) is 17.1 Å². The lowest BCUT2D eigenvalue weighted by Crippen LogP contribution is -2.14. The number of halogens is 3. The first kappa shape index (κ1) is 15.2. The van der Waals surface area contributed by atoms with Crippen molar-refractivity contribution in [2.24, 2.45) is 0 Å². The zero-order valence-electron chi connectivity index (χ0n) is 10.4. The van der Waals surface area contributed by atoms with Crippen molar-refractivity contribution in [3.8, 4) is 0 Å². The summed E-state index contributed by atoms with van der Waals surface area (Å²) in [6, 6.07) is 0.993. The molecule has 0 spiro atoms. The highest BCUT2D eigenvalue weighted by atomic mass is 19.4. The fourth-order valence-corrected chi connectivity index (χ4v) is 1.94. The van der Waals surface area contributed by atoms with Gasteiger partial charge < -0.3 is 10.5 Å². The van der Waals surface area contributed by atoms with E-state index in [4.69, 9.17) is 10.5 Å². The van der Waals surface area contributed by atoms with Gasteiger partial charge in [0, 0.05) is 30.3 Å². The Kier molecular flexibility index (Phi) is 4.35. The molecule has 0 saturated heterocycles. The number of anilines is 1. The fraction of sp³-hybridized carbons (Fsp3) is 0.455. The molecule has 0 atom stereocenters. The zero-order valence-corrected chi connectivity index (χ0v) is 10.4. The van der Waals surface area contributed by atoms with Crippen LogP contribution in [0.15, 0.2) is 6.07 Å². The molecule has 0 heterocycles. The molecule has 0 aliphatic rings. The number of benzene rings is 1. The summed E-state index contributed by atoms with van der Waals surface area (Å²) in [6.45, 7) is 1.21. The summed E-state index contributed by atoms with van der Waals surface area (Å²) in [6.07, 6.45) is -4.60. The maximum atomic E-state index is 12.8. The van der Waals surface area contributed by atoms with E-state index in [-0.39, 0.29) is 18.6 Å². The van der Waals surface area contributed by atoms with Gasteiger partial charge in [-0.2, -0.15) is 13.2 Å². The molecule has 0 radical (unpaired) electrons. The highest BCUT2D eigenvalue weighted by Crippen LogP contribution is 2.41. The maximum Gasteiger partial charge on any atom is 0.418 e. The largest absolute Gasteiger partial charge is 0.418 e. The lowest BCUT2D eigenvalue weighted by Gasteiger charge is -2.15. The average molecular weight is 278 g/mol. The van der Waals surface area contributed by atoms with Crippen LogP contribution in [0.2, 0.25) is 0 Å². The SMILES string of the molecule is COCCc1cc(N)c(C(F)(F)F)c(C)c1[N+](=O)[O-]. The fourth-order valence-electron chi connectivity index (χ4n) is 1.94. The minimum absolute atomic E-state index is 0.121. The molecule has 0 saturated carbocycles. The predicted octanol–water partition coefficient (Wildman–Crippen LogP) is 2.69. The van der Waals surface area contributed by atoms with Crippen LogP contribution in [0, 0.1) is 17.0 Å². The van der Waals surface area contributed by atoms with Crippen LogP contribution in [0.3, 0.4) is 0 Å². The van der Waals surface area contributed by atoms with Crippen molar-refractivity contribution in [1.29, 1.82) is 0 Å². The molecule has 0 aliphatic heterocycles. The first-order valence-corrected chi connectivity index (χ1v) is 5.32. The second-order valence-corrected chi connectivity index (χ2v) is 3.97. The van der Waals surface area contributed by atoms with E-state index in [1.807, 2.05) is 0 Å². The molecule has 19 heavy (non-hydrogen) atoms. The normalized spacial score (nSPS) is 11.6. The van der Waals surface area contributed by atoms with Gasteiger partial charge >= 0.3 is 6.18 Å². The van der Waals surface area contributed by atoms with Crippen molar-refractivity contribution in [2.45, 2.75) is 19.5 Å². The number of hydrogen-bond acceptors (Lipinski definition) is 4. The molecule has 1 rings (SSSR count). The molecule has 0 bridgehead atoms. The van der Waals surface area contributed by atoms with E-state index in [1.165, 1.54) is 7.11 Å². The highest BCUT2D eigenvalue weighted by molar-refractivity contribution is 5.64. The summed E-state index contributed by atoms with van der Waals surface area (Å²) in [5.74, 6) is 0. The van der Waals surface area contributed by atoms with Crippen LogP contribution >= 0.6 is 0 Å². The molecule has 0 amide bonds. The van der Waals surface area contributed by atoms with Crippen molar-refractivity contribution in [3.63, 3.8) is 0 Å². The summed E-state index contributed by atoms with van der Waals surface area (Å²) in [5, 5.41) is 11.0. The quantitative estimate of drug-likeness (QED) is 0.521. The number of methoxy groups -OCH3 is 1. The molecule has 0 aromatic heterocycles. The third kappa shape index (κ3) is 3.14. The summed E-state index contributed by atoms with van der Waals surface area (Å²) >= 11 is 0. The molecular weight excluding hydrogens is 265 g/mol. The number of alkyl halides is 3. The number of nitrogens with zero attached hydrogens (tertiary/aromatic N) is 1. The minimum Gasteiger partial charge on any atom is -0.398 e. The topological polar surface area (TPSA) is 78.4 Å². The van der Waals surface area contributed by atoms with Gasteiger partial charge in [0.15, 0.2) is 0 Å². The Morgan fingerprint density at radius 2 is 2.05 bits per heavy atom. The molecule has 1 aromatic carbocycles. The molecule has 106 valence electrons. The number of rotatable bonds is 4. The third-order valence-corrected chi connectivity index (χ3v) is 2.69. The first-order valence-electron chi connectivity index (χ1n) is 5.32. The van der Waals surface area contributed by atoms with Gasteiger partial charge in [0.25, 0.3) is 5.69 Å². The summed E-state index contributed by atoms with van der Waals surface area (Å²) in [7, 11) is 1.39. The second-order valence-electron chi connectivity index (χ2n) is 3.97. The summed E-state index contributed by atoms with van der Waals surface area (Å²) in [5.41, 5.74) is 2.81. The van der Waals surface area contributed by atoms with Crippen LogP contribution < -0.4 is 5.73 Å². The van der Waals surface area contributed by atoms with Gasteiger partial charge in [0.1, 0.15) is 0 Å². The Morgan fingerprint density at radius 3 is 2.47 bits per heavy atom. The first-order chi connectivity index (χ1) is 8.70. The van der Waals surface area contributed by atoms with E-state index in [0.29, 0.717) is 0 Å². The van der Waals surface area contributed by atoms with Gasteiger partial charge in [-0.1, -0.05) is 0 Å². The van der Waals surface area contributed by atoms with Gasteiger partial charge in [-0.25, -0.2) is 0 Å². The van der Waals surface area contributed by atoms with Gasteiger partial charge in [-0.3, -0.25) is 10.1 Å². The molecule has 1 aromatic rings. The minimum atomic E-state index is -4.72. The zero-order chi connectivity index (χ0) is 14.8. The summed E-state index contributed by atoms with van der Waals surface area (Å²) in [4.78, 5) is 10.1. The van der Waals surface area contributed by atoms with Crippen LogP contribution in [-0.2, 0) is 17.3 Å². The molecule has 0 aliphatic carbocycles. The molecule has 0 fully saturated rings. The molecule has 2 N–H and O–H groups in total. The lowest BCUT2D eigenvalue weighted by molar-refractivity contribution is -0.386. The van der Waals surface area contributed by atoms with E-state index in [9.17, 15) is 23.3 Å². The maximum absolute atomic E-state index is 12.8. The number of nitrogen functional groups attached to an aromatic ring is 1. The Labute approximate surface area is 107 Å². The van der Waals surface area contributed by atoms with Crippen LogP contribution in [-0.4, -0.2) is 18.6 Å². The van der Waals surface area contributed by atoms with Crippen LogP contribution in [0.25, 0.3) is 0 Å². The molecule has 5 nitrogen and oxygen atoms in total. The van der Waals surface area contributed by atoms with Gasteiger partial charge in [0.2, 0.25) is 0 Å². The van der Waals surface area contributed by atoms with Crippen LogP contribution in [0.4, 0.5) is 24.5 Å². The number of hydrogen-bond donors (Lipinski definition) is 1. The monoisotopic (exact) mass is 278 g/mol. The molecule has 0 unspecified atom stereocenters. The van der Waals surface area contributed by atoms with E-state index >= 15 is 0 Å². The highest BCUT2D eigenvalue weighted by Gasteiger charge is 2.38. The third-order valence-electron chi connectivity index (χ3n) is 2.69. The van der Waals surface area contributed by atoms with Gasteiger partial charge in [-0.15, -0.1) is 0 Å². The Hall–Kier alpha value is -1.83. The van der Waals surface area contributed by atoms with Crippen molar-refractivity contribution >= 4 is 11.4 Å². The van der Waals surface area contributed by atoms with E-state index in [1.54, 1.807) is 0 Å². The van der Waals surface area contributed by atoms with Crippen molar-refractivity contribution in [1.82, 2.24) is 0 Å². The van der Waals surface area contributed by atoms with E-state index in [0.717, 1.165) is 13.0 Å². The number of nitro groups is 1. The van der Waals surface area contributed by atoms with Crippen molar-refractivity contribution in [2.75, 3.05) is 19.5 Å². The van der Waals surface area contributed by atoms with Crippen LogP contribution in [0.5, 0.6) is 0 Å². The average Bonchev–Trinajstić information content (AvgIpc) is 2.22.